The lowest BCUT2D eigenvalue weighted by Gasteiger charge is -2.39. The van der Waals surface area contributed by atoms with Crippen molar-refractivity contribution in [2.45, 2.75) is 74.6 Å². The maximum absolute atomic E-state index is 14.3. The Morgan fingerprint density at radius 1 is 1.18 bits per heavy atom. The van der Waals surface area contributed by atoms with Crippen molar-refractivity contribution in [3.63, 3.8) is 0 Å². The molecule has 0 saturated carbocycles. The SMILES string of the molecule is C=CCN(Cc1ccccc1)C(=O)[C@H]1[C@H]2C(=O)N(CCO)C(C(=O)N(CC=C)C(C)CCC)C23CC[C@]1(C)S3. The lowest BCUT2D eigenvalue weighted by atomic mass is 9.66. The van der Waals surface area contributed by atoms with Crippen LogP contribution >= 0.6 is 11.8 Å². The van der Waals surface area contributed by atoms with Crippen LogP contribution in [0, 0.1) is 11.8 Å². The molecule has 3 saturated heterocycles. The zero-order valence-electron chi connectivity index (χ0n) is 23.6. The molecule has 8 heteroatoms. The van der Waals surface area contributed by atoms with Crippen LogP contribution in [0.3, 0.4) is 0 Å². The van der Waals surface area contributed by atoms with E-state index in [1.807, 2.05) is 42.2 Å². The third-order valence-electron chi connectivity index (χ3n) is 8.84. The van der Waals surface area contributed by atoms with Crippen LogP contribution in [0.1, 0.15) is 52.0 Å². The Bertz CT molecular complexity index is 1100. The van der Waals surface area contributed by atoms with Gasteiger partial charge in [-0.15, -0.1) is 24.9 Å². The number of β-amino-alcohol motifs (C(OH)–C–C–N with tert-alkyl or cyclic N) is 1. The highest BCUT2D eigenvalue weighted by Crippen LogP contribution is 2.71. The van der Waals surface area contributed by atoms with Crippen molar-refractivity contribution in [1.29, 1.82) is 0 Å². The third kappa shape index (κ3) is 5.06. The lowest BCUT2D eigenvalue weighted by molar-refractivity contribution is -0.146. The average molecular weight is 554 g/mol. The first-order valence-corrected chi connectivity index (χ1v) is 15.0. The molecule has 0 radical (unpaired) electrons. The van der Waals surface area contributed by atoms with E-state index in [0.29, 0.717) is 26.1 Å². The maximum Gasteiger partial charge on any atom is 0.247 e. The minimum Gasteiger partial charge on any atom is -0.395 e. The van der Waals surface area contributed by atoms with Crippen LogP contribution in [-0.4, -0.2) is 85.3 Å². The number of carbonyl (C=O) groups is 3. The first-order valence-electron chi connectivity index (χ1n) is 14.2. The maximum atomic E-state index is 14.3. The molecule has 3 heterocycles. The van der Waals surface area contributed by atoms with Crippen molar-refractivity contribution < 1.29 is 19.5 Å². The fourth-order valence-electron chi connectivity index (χ4n) is 7.18. The fraction of sp³-hybridized carbons (Fsp3) is 0.581. The van der Waals surface area contributed by atoms with Crippen molar-refractivity contribution in [2.24, 2.45) is 11.8 Å². The predicted octanol–water partition coefficient (Wildman–Crippen LogP) is 3.88. The number of hydrogen-bond acceptors (Lipinski definition) is 5. The number of hydrogen-bond donors (Lipinski definition) is 1. The molecule has 2 bridgehead atoms. The summed E-state index contributed by atoms with van der Waals surface area (Å²) in [5.41, 5.74) is 1.01. The second-order valence-electron chi connectivity index (χ2n) is 11.4. The molecule has 7 nitrogen and oxygen atoms in total. The first kappa shape index (κ1) is 29.4. The number of aliphatic hydroxyl groups is 1. The van der Waals surface area contributed by atoms with Gasteiger partial charge in [-0.1, -0.05) is 55.8 Å². The molecule has 3 unspecified atom stereocenters. The number of aliphatic hydroxyl groups excluding tert-OH is 1. The van der Waals surface area contributed by atoms with Gasteiger partial charge in [0.15, 0.2) is 0 Å². The van der Waals surface area contributed by atoms with Crippen molar-refractivity contribution >= 4 is 29.5 Å². The molecule has 212 valence electrons. The summed E-state index contributed by atoms with van der Waals surface area (Å²) in [5.74, 6) is -1.50. The summed E-state index contributed by atoms with van der Waals surface area (Å²) in [5, 5.41) is 9.93. The summed E-state index contributed by atoms with van der Waals surface area (Å²) in [6.45, 7) is 15.0. The van der Waals surface area contributed by atoms with Gasteiger partial charge in [0.2, 0.25) is 17.7 Å². The summed E-state index contributed by atoms with van der Waals surface area (Å²) >= 11 is 1.67. The van der Waals surface area contributed by atoms with Crippen LogP contribution in [0.15, 0.2) is 55.6 Å². The summed E-state index contributed by atoms with van der Waals surface area (Å²) in [4.78, 5) is 48.0. The molecule has 0 aromatic heterocycles. The Morgan fingerprint density at radius 2 is 1.87 bits per heavy atom. The van der Waals surface area contributed by atoms with Crippen LogP contribution in [0.25, 0.3) is 0 Å². The van der Waals surface area contributed by atoms with Crippen molar-refractivity contribution in [3.05, 3.63) is 61.2 Å². The number of benzene rings is 1. The predicted molar refractivity (Wildman–Crippen MR) is 156 cm³/mol. The van der Waals surface area contributed by atoms with Crippen molar-refractivity contribution in [2.75, 3.05) is 26.2 Å². The first-order chi connectivity index (χ1) is 18.7. The van der Waals surface area contributed by atoms with Crippen LogP contribution in [-0.2, 0) is 20.9 Å². The van der Waals surface area contributed by atoms with Crippen LogP contribution in [0.5, 0.6) is 0 Å². The van der Waals surface area contributed by atoms with Gasteiger partial charge in [-0.3, -0.25) is 14.4 Å². The van der Waals surface area contributed by atoms with Crippen molar-refractivity contribution in [1.82, 2.24) is 14.7 Å². The van der Waals surface area contributed by atoms with Gasteiger partial charge in [-0.25, -0.2) is 0 Å². The molecule has 1 aromatic rings. The van der Waals surface area contributed by atoms with E-state index >= 15 is 0 Å². The Kier molecular flexibility index (Phi) is 8.96. The molecule has 3 fully saturated rings. The minimum atomic E-state index is -0.715. The zero-order chi connectivity index (χ0) is 28.4. The lowest BCUT2D eigenvalue weighted by Crippen LogP contribution is -2.57. The van der Waals surface area contributed by atoms with E-state index in [2.05, 4.69) is 27.0 Å². The highest BCUT2D eigenvalue weighted by molar-refractivity contribution is 8.02. The van der Waals surface area contributed by atoms with Gasteiger partial charge in [-0.2, -0.15) is 0 Å². The van der Waals surface area contributed by atoms with Crippen LogP contribution < -0.4 is 0 Å². The van der Waals surface area contributed by atoms with Gasteiger partial charge < -0.3 is 19.8 Å². The van der Waals surface area contributed by atoms with Crippen LogP contribution in [0.2, 0.25) is 0 Å². The Balaban J connectivity index is 1.73. The van der Waals surface area contributed by atoms with Gasteiger partial charge in [0.25, 0.3) is 0 Å². The van der Waals surface area contributed by atoms with E-state index in [1.54, 1.807) is 33.7 Å². The minimum absolute atomic E-state index is 0.00685. The highest BCUT2D eigenvalue weighted by Gasteiger charge is 2.77. The number of carbonyl (C=O) groups excluding carboxylic acids is 3. The van der Waals surface area contributed by atoms with Gasteiger partial charge in [0.1, 0.15) is 6.04 Å². The van der Waals surface area contributed by atoms with E-state index < -0.39 is 27.4 Å². The summed E-state index contributed by atoms with van der Waals surface area (Å²) in [7, 11) is 0. The topological polar surface area (TPSA) is 81.2 Å². The van der Waals surface area contributed by atoms with E-state index in [4.69, 9.17) is 0 Å². The molecule has 4 rings (SSSR count). The Hall–Kier alpha value is -2.58. The molecule has 1 N–H and O–H groups in total. The molecule has 3 aliphatic rings. The van der Waals surface area contributed by atoms with Crippen molar-refractivity contribution in [3.8, 4) is 0 Å². The quantitative estimate of drug-likeness (QED) is 0.375. The standard InChI is InChI=1S/C31H43N3O4S/c1-6-12-22(4)33(18-8-3)29(38)26-31-16-15-30(5,39-31)24(25(31)28(37)34(26)19-20-35)27(36)32(17-7-2)21-23-13-10-9-11-14-23/h7-11,13-14,22,24-26,35H,2-3,6,12,15-21H2,1,4-5H3/t22?,24-,25+,26?,30+,31?/m1/s1. The molecule has 3 aliphatic heterocycles. The third-order valence-corrected chi connectivity index (χ3v) is 10.8. The normalized spacial score (nSPS) is 29.7. The fourth-order valence-corrected chi connectivity index (χ4v) is 9.52. The molecule has 6 atom stereocenters. The number of rotatable bonds is 13. The summed E-state index contributed by atoms with van der Waals surface area (Å²) in [6, 6.07) is 9.11. The smallest absolute Gasteiger partial charge is 0.247 e. The summed E-state index contributed by atoms with van der Waals surface area (Å²) in [6.07, 6.45) is 6.69. The molecule has 1 aromatic carbocycles. The van der Waals surface area contributed by atoms with Crippen LogP contribution in [0.4, 0.5) is 0 Å². The Morgan fingerprint density at radius 3 is 2.49 bits per heavy atom. The highest BCUT2D eigenvalue weighted by atomic mass is 32.2. The number of likely N-dealkylation sites (tertiary alicyclic amines) is 1. The van der Waals surface area contributed by atoms with E-state index in [1.165, 1.54) is 0 Å². The molecule has 39 heavy (non-hydrogen) atoms. The van der Waals surface area contributed by atoms with E-state index in [-0.39, 0.29) is 36.9 Å². The molecule has 3 amide bonds. The molecule has 0 aliphatic carbocycles. The molecular formula is C31H43N3O4S. The van der Waals surface area contributed by atoms with Gasteiger partial charge in [-0.05, 0) is 38.7 Å². The zero-order valence-corrected chi connectivity index (χ0v) is 24.4. The molecule has 1 spiro atoms. The number of nitrogens with zero attached hydrogens (tertiary/aromatic N) is 3. The van der Waals surface area contributed by atoms with E-state index in [9.17, 15) is 19.5 Å². The van der Waals surface area contributed by atoms with E-state index in [0.717, 1.165) is 24.8 Å². The second kappa shape index (κ2) is 11.9. The monoisotopic (exact) mass is 553 g/mol. The number of amides is 3. The summed E-state index contributed by atoms with van der Waals surface area (Å²) < 4.78 is -1.15. The Labute approximate surface area is 237 Å². The molecular weight excluding hydrogens is 510 g/mol. The van der Waals surface area contributed by atoms with Gasteiger partial charge in [0, 0.05) is 37.0 Å². The second-order valence-corrected chi connectivity index (χ2v) is 13.3. The largest absolute Gasteiger partial charge is 0.395 e. The number of fused-ring (bicyclic) bond motifs is 1. The number of thioether (sulfide) groups is 1. The average Bonchev–Trinajstić information content (AvgIpc) is 3.48. The van der Waals surface area contributed by atoms with Gasteiger partial charge >= 0.3 is 0 Å². The van der Waals surface area contributed by atoms with Gasteiger partial charge in [0.05, 0.1) is 23.2 Å².